The highest BCUT2D eigenvalue weighted by atomic mass is 16.5. The second-order valence-corrected chi connectivity index (χ2v) is 6.19. The third-order valence-corrected chi connectivity index (χ3v) is 4.08. The maximum Gasteiger partial charge on any atom is 0.329 e. The Labute approximate surface area is 174 Å². The van der Waals surface area contributed by atoms with E-state index < -0.39 is 11.8 Å². The summed E-state index contributed by atoms with van der Waals surface area (Å²) in [5.41, 5.74) is 4.39. The van der Waals surface area contributed by atoms with Crippen LogP contribution in [0.5, 0.6) is 11.5 Å². The first kappa shape index (κ1) is 20.6. The number of anilines is 1. The van der Waals surface area contributed by atoms with E-state index in [9.17, 15) is 9.59 Å². The number of hydrogen-bond acceptors (Lipinski definition) is 5. The first-order chi connectivity index (χ1) is 14.7. The molecule has 2 N–H and O–H groups in total. The number of rotatable bonds is 7. The third-order valence-electron chi connectivity index (χ3n) is 4.08. The zero-order valence-corrected chi connectivity index (χ0v) is 16.4. The van der Waals surface area contributed by atoms with Gasteiger partial charge in [-0.2, -0.15) is 5.10 Å². The van der Waals surface area contributed by atoms with E-state index in [-0.39, 0.29) is 0 Å². The second-order valence-electron chi connectivity index (χ2n) is 6.19. The summed E-state index contributed by atoms with van der Waals surface area (Å²) in [6, 6.07) is 23.7. The molecule has 0 heterocycles. The Kier molecular flexibility index (Phi) is 7.16. The van der Waals surface area contributed by atoms with Crippen LogP contribution in [0.1, 0.15) is 11.1 Å². The van der Waals surface area contributed by atoms with Gasteiger partial charge in [0.1, 0.15) is 18.1 Å². The normalized spacial score (nSPS) is 10.4. The Hall–Kier alpha value is -4.13. The zero-order valence-electron chi connectivity index (χ0n) is 16.4. The summed E-state index contributed by atoms with van der Waals surface area (Å²) in [4.78, 5) is 23.9. The summed E-state index contributed by atoms with van der Waals surface area (Å²) in [6.07, 6.45) is 1.43. The number of hydrazone groups is 1. The van der Waals surface area contributed by atoms with Crippen molar-refractivity contribution in [2.24, 2.45) is 5.10 Å². The van der Waals surface area contributed by atoms with Crippen molar-refractivity contribution < 1.29 is 19.1 Å². The monoisotopic (exact) mass is 403 g/mol. The first-order valence-corrected chi connectivity index (χ1v) is 9.20. The molecule has 0 aliphatic heterocycles. The van der Waals surface area contributed by atoms with Crippen molar-refractivity contribution in [1.82, 2.24) is 5.43 Å². The van der Waals surface area contributed by atoms with E-state index in [0.717, 1.165) is 5.56 Å². The molecule has 0 bridgehead atoms. The molecule has 0 aliphatic rings. The lowest BCUT2D eigenvalue weighted by atomic mass is 10.2. The quantitative estimate of drug-likeness (QED) is 0.360. The van der Waals surface area contributed by atoms with Crippen molar-refractivity contribution in [3.8, 4) is 11.5 Å². The van der Waals surface area contributed by atoms with Crippen LogP contribution in [0.25, 0.3) is 0 Å². The van der Waals surface area contributed by atoms with Crippen LogP contribution in [-0.4, -0.2) is 25.1 Å². The van der Waals surface area contributed by atoms with Gasteiger partial charge in [0.25, 0.3) is 0 Å². The molecule has 0 unspecified atom stereocenters. The van der Waals surface area contributed by atoms with Crippen molar-refractivity contribution in [2.75, 3.05) is 12.4 Å². The minimum atomic E-state index is -0.884. The number of methoxy groups -OCH3 is 1. The van der Waals surface area contributed by atoms with E-state index >= 15 is 0 Å². The topological polar surface area (TPSA) is 89.0 Å². The molecular formula is C23H21N3O4. The number of carbonyl (C=O) groups is 2. The number of carbonyl (C=O) groups excluding carboxylic acids is 2. The van der Waals surface area contributed by atoms with Gasteiger partial charge in [0.05, 0.1) is 13.3 Å². The van der Waals surface area contributed by atoms with Crippen LogP contribution in [0.2, 0.25) is 0 Å². The number of para-hydroxylation sites is 1. The molecule has 3 rings (SSSR count). The van der Waals surface area contributed by atoms with Gasteiger partial charge in [0.2, 0.25) is 0 Å². The summed E-state index contributed by atoms with van der Waals surface area (Å²) in [7, 11) is 1.55. The third kappa shape index (κ3) is 5.93. The number of benzene rings is 3. The molecule has 7 nitrogen and oxygen atoms in total. The molecule has 0 aliphatic carbocycles. The number of hydrogen-bond donors (Lipinski definition) is 2. The van der Waals surface area contributed by atoms with Crippen LogP contribution in [0.3, 0.4) is 0 Å². The maximum atomic E-state index is 12.0. The molecule has 0 saturated heterocycles. The number of amides is 2. The predicted molar refractivity (Wildman–Crippen MR) is 115 cm³/mol. The summed E-state index contributed by atoms with van der Waals surface area (Å²) >= 11 is 0. The van der Waals surface area contributed by atoms with Crippen LogP contribution in [0.4, 0.5) is 5.69 Å². The largest absolute Gasteiger partial charge is 0.497 e. The van der Waals surface area contributed by atoms with Gasteiger partial charge in [0, 0.05) is 11.3 Å². The fraction of sp³-hybridized carbons (Fsp3) is 0.0870. The molecule has 3 aromatic rings. The molecule has 0 fully saturated rings. The van der Waals surface area contributed by atoms with Crippen molar-refractivity contribution >= 4 is 23.7 Å². The Balaban J connectivity index is 1.55. The fourth-order valence-corrected chi connectivity index (χ4v) is 2.53. The van der Waals surface area contributed by atoms with Crippen molar-refractivity contribution in [2.45, 2.75) is 6.61 Å². The van der Waals surface area contributed by atoms with Gasteiger partial charge in [-0.25, -0.2) is 5.43 Å². The molecule has 7 heteroatoms. The summed E-state index contributed by atoms with van der Waals surface area (Å²) < 4.78 is 10.9. The second kappa shape index (κ2) is 10.4. The van der Waals surface area contributed by atoms with Gasteiger partial charge in [-0.15, -0.1) is 0 Å². The molecule has 0 radical (unpaired) electrons. The lowest BCUT2D eigenvalue weighted by Gasteiger charge is -2.09. The lowest BCUT2D eigenvalue weighted by molar-refractivity contribution is -0.136. The smallest absolute Gasteiger partial charge is 0.329 e. The molecule has 30 heavy (non-hydrogen) atoms. The fourth-order valence-electron chi connectivity index (χ4n) is 2.53. The van der Waals surface area contributed by atoms with E-state index in [1.807, 2.05) is 48.5 Å². The van der Waals surface area contributed by atoms with E-state index in [2.05, 4.69) is 15.8 Å². The summed E-state index contributed by atoms with van der Waals surface area (Å²) in [5, 5.41) is 6.35. The number of ether oxygens (including phenoxy) is 2. The van der Waals surface area contributed by atoms with Crippen LogP contribution in [0, 0.1) is 0 Å². The van der Waals surface area contributed by atoms with Gasteiger partial charge in [0.15, 0.2) is 0 Å². The van der Waals surface area contributed by atoms with Crippen molar-refractivity contribution in [3.63, 3.8) is 0 Å². The molecule has 0 aromatic heterocycles. The molecule has 2 amide bonds. The molecule has 0 spiro atoms. The van der Waals surface area contributed by atoms with Gasteiger partial charge in [-0.05, 0) is 42.0 Å². The Bertz CT molecular complexity index is 1020. The van der Waals surface area contributed by atoms with Crippen LogP contribution in [-0.2, 0) is 16.2 Å². The summed E-state index contributed by atoms with van der Waals surface area (Å²) in [6.45, 7) is 0.405. The Morgan fingerprint density at radius 2 is 1.60 bits per heavy atom. The van der Waals surface area contributed by atoms with Crippen LogP contribution in [0.15, 0.2) is 84.0 Å². The van der Waals surface area contributed by atoms with E-state index in [1.165, 1.54) is 6.21 Å². The average molecular weight is 403 g/mol. The lowest BCUT2D eigenvalue weighted by Crippen LogP contribution is -2.32. The predicted octanol–water partition coefficient (Wildman–Crippen LogP) is 3.36. The van der Waals surface area contributed by atoms with Crippen LogP contribution < -0.4 is 20.2 Å². The maximum absolute atomic E-state index is 12.0. The standard InChI is InChI=1S/C23H21N3O4/c1-29-20-13-11-19(12-14-20)25-22(27)23(28)26-24-15-18-9-5-6-10-21(18)30-16-17-7-3-2-4-8-17/h2-15H,16H2,1H3,(H,25,27)(H,26,28)/b24-15-. The van der Waals surface area contributed by atoms with Gasteiger partial charge in [-0.3, -0.25) is 9.59 Å². The van der Waals surface area contributed by atoms with Gasteiger partial charge in [-0.1, -0.05) is 42.5 Å². The molecular weight excluding hydrogens is 382 g/mol. The highest BCUT2D eigenvalue weighted by Gasteiger charge is 2.13. The van der Waals surface area contributed by atoms with Crippen LogP contribution >= 0.6 is 0 Å². The minimum Gasteiger partial charge on any atom is -0.497 e. The molecule has 0 atom stereocenters. The number of nitrogens with zero attached hydrogens (tertiary/aromatic N) is 1. The van der Waals surface area contributed by atoms with Crippen molar-refractivity contribution in [3.05, 3.63) is 90.0 Å². The van der Waals surface area contributed by atoms with E-state index in [0.29, 0.717) is 29.4 Å². The molecule has 152 valence electrons. The highest BCUT2D eigenvalue weighted by Crippen LogP contribution is 2.18. The van der Waals surface area contributed by atoms with E-state index in [1.54, 1.807) is 37.4 Å². The summed E-state index contributed by atoms with van der Waals surface area (Å²) in [5.74, 6) is -0.451. The Morgan fingerprint density at radius 3 is 2.33 bits per heavy atom. The first-order valence-electron chi connectivity index (χ1n) is 9.20. The minimum absolute atomic E-state index is 0.405. The van der Waals surface area contributed by atoms with Gasteiger partial charge >= 0.3 is 11.8 Å². The average Bonchev–Trinajstić information content (AvgIpc) is 2.79. The molecule has 3 aromatic carbocycles. The van der Waals surface area contributed by atoms with E-state index in [4.69, 9.17) is 9.47 Å². The van der Waals surface area contributed by atoms with Gasteiger partial charge < -0.3 is 14.8 Å². The molecule has 0 saturated carbocycles. The number of nitrogens with one attached hydrogen (secondary N) is 2. The zero-order chi connectivity index (χ0) is 21.2. The Morgan fingerprint density at radius 1 is 0.900 bits per heavy atom. The highest BCUT2D eigenvalue weighted by molar-refractivity contribution is 6.39. The van der Waals surface area contributed by atoms with Crippen molar-refractivity contribution in [1.29, 1.82) is 0 Å². The SMILES string of the molecule is COc1ccc(NC(=O)C(=O)N/N=C\c2ccccc2OCc2ccccc2)cc1.